The van der Waals surface area contributed by atoms with E-state index in [1.165, 1.54) is 61.6 Å². The highest BCUT2D eigenvalue weighted by molar-refractivity contribution is 6.86. The van der Waals surface area contributed by atoms with Gasteiger partial charge in [-0.05, 0) is 96.3 Å². The molecule has 4 radical (unpaired) electrons. The summed E-state index contributed by atoms with van der Waals surface area (Å²) in [6, 6.07) is 16.2. The SMILES string of the molecule is CCCC(CCC(CCCCCCCCc1cccc(C2COOC2)c1)[Si]C)[Si](C)(C)O[Si](C)(C)C(CCC)CCC(CCCCCCCCc1cccc(C2COOC2)c1)[Si]CCC(F)(F)C(F)(F)C(F)(F)C(F)(F)C(F)(F)C(F)(F)F. The molecule has 2 heterocycles. The maximum atomic E-state index is 15.1. The van der Waals surface area contributed by atoms with E-state index in [2.05, 4.69) is 89.0 Å². The van der Waals surface area contributed by atoms with Gasteiger partial charge in [-0.3, -0.25) is 0 Å². The number of benzene rings is 2. The minimum atomic E-state index is -7.89. The molecule has 22 heteroatoms. The first-order chi connectivity index (χ1) is 39.0. The van der Waals surface area contributed by atoms with E-state index in [1.54, 1.807) is 0 Å². The molecule has 5 nitrogen and oxygen atoms in total. The van der Waals surface area contributed by atoms with Gasteiger partial charge >= 0.3 is 35.8 Å². The van der Waals surface area contributed by atoms with Crippen molar-refractivity contribution in [3.05, 3.63) is 70.8 Å². The van der Waals surface area contributed by atoms with Crippen molar-refractivity contribution >= 4 is 35.7 Å². The Hall–Kier alpha value is -1.80. The standard InChI is InChI=1S/C61H95F13O5Si4/c1-8-24-54(36-34-52(80-3)32-20-16-12-10-14-18-26-46-28-22-30-48(40-46)50-42-75-76-43-50)82(4,5)79-83(6,7)55(25-9-2)37-35-53(33-21-17-13-11-15-19-27-47-29-23-31-49(41-47)51-44-77-78-45-51)81-39-38-56(62,63)57(64,65)58(66,67)59(68,69)60(70,71)61(72,73)74/h22-23,28-31,40-41,50-55H,8-21,24-27,32-39,42-45H2,1-7H3. The van der Waals surface area contributed by atoms with Crippen molar-refractivity contribution < 1.29 is 80.7 Å². The Morgan fingerprint density at radius 1 is 0.482 bits per heavy atom. The molecule has 2 fully saturated rings. The fraction of sp³-hybridized carbons (Fsp3) is 0.803. The third-order valence-electron chi connectivity index (χ3n) is 17.4. The predicted molar refractivity (Wildman–Crippen MR) is 311 cm³/mol. The van der Waals surface area contributed by atoms with Gasteiger partial charge < -0.3 is 4.12 Å². The van der Waals surface area contributed by atoms with E-state index >= 15 is 8.78 Å². The van der Waals surface area contributed by atoms with Gasteiger partial charge in [0, 0.05) is 37.3 Å². The van der Waals surface area contributed by atoms with Gasteiger partial charge in [0.1, 0.15) is 0 Å². The molecule has 4 unspecified atom stereocenters. The molecule has 2 aromatic rings. The summed E-state index contributed by atoms with van der Waals surface area (Å²) in [6.07, 6.45) is 13.6. The van der Waals surface area contributed by atoms with E-state index in [4.69, 9.17) is 23.7 Å². The zero-order valence-electron chi connectivity index (χ0n) is 50.3. The number of alkyl halides is 13. The van der Waals surface area contributed by atoms with E-state index in [-0.39, 0.29) is 17.0 Å². The second kappa shape index (κ2) is 34.2. The summed E-state index contributed by atoms with van der Waals surface area (Å²) in [6.45, 7) is 17.9. The van der Waals surface area contributed by atoms with Gasteiger partial charge in [0.15, 0.2) is 16.6 Å². The predicted octanol–water partition coefficient (Wildman–Crippen LogP) is 20.9. The van der Waals surface area contributed by atoms with Crippen LogP contribution in [-0.4, -0.2) is 97.9 Å². The van der Waals surface area contributed by atoms with E-state index in [1.807, 2.05) is 6.07 Å². The van der Waals surface area contributed by atoms with Crippen molar-refractivity contribution in [1.82, 2.24) is 0 Å². The lowest BCUT2D eigenvalue weighted by Crippen LogP contribution is -2.70. The third-order valence-corrected chi connectivity index (χ3v) is 29.8. The topological polar surface area (TPSA) is 46.2 Å². The highest BCUT2D eigenvalue weighted by Gasteiger charge is 2.90. The van der Waals surface area contributed by atoms with E-state index in [9.17, 15) is 48.3 Å². The molecular formula is C61H95F13O5Si4. The Morgan fingerprint density at radius 3 is 1.28 bits per heavy atom. The molecule has 0 aliphatic carbocycles. The van der Waals surface area contributed by atoms with Crippen molar-refractivity contribution in [2.24, 2.45) is 0 Å². The van der Waals surface area contributed by atoms with Crippen LogP contribution >= 0.6 is 0 Å². The molecule has 2 aromatic carbocycles. The Morgan fingerprint density at radius 2 is 0.867 bits per heavy atom. The zero-order chi connectivity index (χ0) is 61.6. The number of unbranched alkanes of at least 4 members (excludes halogenated alkanes) is 10. The molecule has 0 aromatic heterocycles. The van der Waals surface area contributed by atoms with Crippen LogP contribution in [-0.2, 0) is 36.5 Å². The third kappa shape index (κ3) is 21.7. The number of hydrogen-bond acceptors (Lipinski definition) is 5. The van der Waals surface area contributed by atoms with Crippen LogP contribution in [0, 0.1) is 0 Å². The summed E-state index contributed by atoms with van der Waals surface area (Å²) >= 11 is 0. The second-order valence-electron chi connectivity index (χ2n) is 24.7. The molecular weight excluding hydrogens is 1170 g/mol. The summed E-state index contributed by atoms with van der Waals surface area (Å²) in [5, 5.41) is 0. The van der Waals surface area contributed by atoms with E-state index < -0.39 is 74.4 Å². The molecule has 2 aliphatic rings. The summed E-state index contributed by atoms with van der Waals surface area (Å²) in [7, 11) is -4.50. The highest BCUT2D eigenvalue weighted by Crippen LogP contribution is 2.61. The first kappa shape index (κ1) is 73.7. The molecule has 2 saturated heterocycles. The van der Waals surface area contributed by atoms with Crippen LogP contribution in [0.1, 0.15) is 196 Å². The quantitative estimate of drug-likeness (QED) is 0.0287. The average Bonchev–Trinajstić information content (AvgIpc) is 1.22. The number of hydrogen-bond donors (Lipinski definition) is 0. The smallest absolute Gasteiger partial charge is 0.455 e. The van der Waals surface area contributed by atoms with E-state index in [0.29, 0.717) is 69.1 Å². The first-order valence-corrected chi connectivity index (χ1v) is 39.5. The van der Waals surface area contributed by atoms with Crippen molar-refractivity contribution in [2.75, 3.05) is 26.4 Å². The van der Waals surface area contributed by atoms with Crippen LogP contribution < -0.4 is 0 Å². The fourth-order valence-electron chi connectivity index (χ4n) is 12.1. The monoisotopic (exact) mass is 1270 g/mol. The van der Waals surface area contributed by atoms with Crippen LogP contribution in [0.4, 0.5) is 57.1 Å². The summed E-state index contributed by atoms with van der Waals surface area (Å²) in [5.41, 5.74) is 5.88. The summed E-state index contributed by atoms with van der Waals surface area (Å²) in [5.74, 6) is -36.2. The van der Waals surface area contributed by atoms with Gasteiger partial charge in [0.05, 0.1) is 26.4 Å². The molecule has 2 aliphatic heterocycles. The van der Waals surface area contributed by atoms with Crippen molar-refractivity contribution in [2.45, 2.75) is 283 Å². The molecule has 4 atom stereocenters. The molecule has 0 bridgehead atoms. The molecule has 4 rings (SSSR count). The lowest BCUT2D eigenvalue weighted by molar-refractivity contribution is -0.439. The Kier molecular flexibility index (Phi) is 30.4. The van der Waals surface area contributed by atoms with Gasteiger partial charge in [0.25, 0.3) is 0 Å². The lowest BCUT2D eigenvalue weighted by atomic mass is 9.93. The minimum absolute atomic E-state index is 0.125. The molecule has 0 saturated carbocycles. The highest BCUT2D eigenvalue weighted by atomic mass is 28.4. The van der Waals surface area contributed by atoms with Crippen molar-refractivity contribution in [3.63, 3.8) is 0 Å². The maximum absolute atomic E-state index is 15.1. The lowest BCUT2D eigenvalue weighted by Gasteiger charge is -2.43. The first-order valence-electron chi connectivity index (χ1n) is 30.7. The fourth-order valence-corrected chi connectivity index (χ4v) is 25.1. The van der Waals surface area contributed by atoms with Crippen LogP contribution in [0.3, 0.4) is 0 Å². The molecule has 476 valence electrons. The van der Waals surface area contributed by atoms with Gasteiger partial charge in [-0.15, -0.1) is 0 Å². The molecule has 0 N–H and O–H groups in total. The summed E-state index contributed by atoms with van der Waals surface area (Å²) < 4.78 is 190. The van der Waals surface area contributed by atoms with Crippen LogP contribution in [0.25, 0.3) is 0 Å². The van der Waals surface area contributed by atoms with Crippen molar-refractivity contribution in [1.29, 1.82) is 0 Å². The molecule has 83 heavy (non-hydrogen) atoms. The second-order valence-corrected chi connectivity index (χ2v) is 36.6. The van der Waals surface area contributed by atoms with Crippen molar-refractivity contribution in [3.8, 4) is 0 Å². The molecule has 0 amide bonds. The van der Waals surface area contributed by atoms with Crippen LogP contribution in [0.15, 0.2) is 48.5 Å². The normalized spacial score (nSPS) is 17.4. The molecule has 0 spiro atoms. The van der Waals surface area contributed by atoms with Gasteiger partial charge in [-0.25, -0.2) is 19.6 Å². The Labute approximate surface area is 494 Å². The maximum Gasteiger partial charge on any atom is 0.460 e. The number of rotatable bonds is 43. The number of halogens is 13. The Balaban J connectivity index is 1.33. The Bertz CT molecular complexity index is 2130. The van der Waals surface area contributed by atoms with Crippen LogP contribution in [0.5, 0.6) is 0 Å². The number of aryl methyl sites for hydroxylation is 2. The van der Waals surface area contributed by atoms with Crippen LogP contribution in [0.2, 0.25) is 60.9 Å². The average molecular weight is 1270 g/mol. The van der Waals surface area contributed by atoms with Gasteiger partial charge in [-0.2, -0.15) is 57.1 Å². The minimum Gasteiger partial charge on any atom is -0.455 e. The largest absolute Gasteiger partial charge is 0.460 e. The zero-order valence-corrected chi connectivity index (χ0v) is 54.3. The summed E-state index contributed by atoms with van der Waals surface area (Å²) in [4.78, 5) is 20.3. The van der Waals surface area contributed by atoms with E-state index in [0.717, 1.165) is 98.6 Å². The van der Waals surface area contributed by atoms with Gasteiger partial charge in [0.2, 0.25) is 0 Å². The van der Waals surface area contributed by atoms with Gasteiger partial charge in [-0.1, -0.05) is 203 Å².